The van der Waals surface area contributed by atoms with Gasteiger partial charge in [-0.1, -0.05) is 48.5 Å². The van der Waals surface area contributed by atoms with Crippen LogP contribution in [0, 0.1) is 0 Å². The maximum absolute atomic E-state index is 13.2. The molecular weight excluding hydrogens is 424 g/mol. The van der Waals surface area contributed by atoms with E-state index in [1.807, 2.05) is 30.3 Å². The largest absolute Gasteiger partial charge is 0.457 e. The molecule has 166 valence electrons. The summed E-state index contributed by atoms with van der Waals surface area (Å²) in [6.45, 7) is 1.99. The highest BCUT2D eigenvalue weighted by Crippen LogP contribution is 2.23. The summed E-state index contributed by atoms with van der Waals surface area (Å²) in [6, 6.07) is 20.4. The Kier molecular flexibility index (Phi) is 6.45. The predicted molar refractivity (Wildman–Crippen MR) is 120 cm³/mol. The summed E-state index contributed by atoms with van der Waals surface area (Å²) in [4.78, 5) is 41.6. The van der Waals surface area contributed by atoms with E-state index in [2.05, 4.69) is 10.3 Å². The Labute approximate surface area is 189 Å². The first-order valence-corrected chi connectivity index (χ1v) is 10.2. The van der Waals surface area contributed by atoms with Crippen molar-refractivity contribution >= 4 is 35.0 Å². The van der Waals surface area contributed by atoms with Gasteiger partial charge in [0, 0.05) is 11.1 Å². The summed E-state index contributed by atoms with van der Waals surface area (Å²) in [6.07, 6.45) is -0.691. The number of carbonyl (C=O) groups is 3. The van der Waals surface area contributed by atoms with Gasteiger partial charge in [-0.05, 0) is 36.8 Å². The fraction of sp³-hybridized carbons (Fsp3) is 0.120. The standard InChI is InChI=1S/C25H20N2O6/c1-2-31-25(30)27-24-26-20-14-17(12-13-21(20)33-24)22(28)18-10-6-7-11-19(18)23(29)32-15-16-8-4-3-5-9-16/h3-14H,2,15H2,1H3,(H,26,27,30). The molecule has 1 heterocycles. The molecule has 3 aromatic carbocycles. The monoisotopic (exact) mass is 444 g/mol. The lowest BCUT2D eigenvalue weighted by Gasteiger charge is -2.09. The van der Waals surface area contributed by atoms with Crippen molar-refractivity contribution in [2.75, 3.05) is 11.9 Å². The Morgan fingerprint density at radius 3 is 2.39 bits per heavy atom. The highest BCUT2D eigenvalue weighted by molar-refractivity contribution is 6.15. The molecular formula is C25H20N2O6. The number of esters is 1. The van der Waals surface area contributed by atoms with Crippen molar-refractivity contribution in [1.82, 2.24) is 4.98 Å². The Hall–Kier alpha value is -4.46. The Balaban J connectivity index is 1.55. The van der Waals surface area contributed by atoms with Crippen LogP contribution in [0.1, 0.15) is 38.8 Å². The molecule has 0 fully saturated rings. The van der Waals surface area contributed by atoms with Gasteiger partial charge < -0.3 is 13.9 Å². The van der Waals surface area contributed by atoms with Gasteiger partial charge in [0.1, 0.15) is 12.1 Å². The fourth-order valence-electron chi connectivity index (χ4n) is 3.19. The van der Waals surface area contributed by atoms with E-state index in [9.17, 15) is 14.4 Å². The quantitative estimate of drug-likeness (QED) is 0.316. The van der Waals surface area contributed by atoms with Gasteiger partial charge in [0.15, 0.2) is 11.4 Å². The van der Waals surface area contributed by atoms with Gasteiger partial charge in [0.05, 0.1) is 12.2 Å². The smallest absolute Gasteiger partial charge is 0.415 e. The highest BCUT2D eigenvalue weighted by atomic mass is 16.6. The number of ketones is 1. The third-order valence-electron chi connectivity index (χ3n) is 4.74. The molecule has 4 rings (SSSR count). The minimum atomic E-state index is -0.691. The van der Waals surface area contributed by atoms with Crippen LogP contribution in [-0.4, -0.2) is 29.4 Å². The van der Waals surface area contributed by atoms with E-state index in [0.29, 0.717) is 16.7 Å². The molecule has 0 spiro atoms. The SMILES string of the molecule is CCOC(=O)Nc1nc2cc(C(=O)c3ccccc3C(=O)OCc3ccccc3)ccc2o1. The molecule has 0 aliphatic carbocycles. The van der Waals surface area contributed by atoms with E-state index in [-0.39, 0.29) is 36.1 Å². The second-order valence-electron chi connectivity index (χ2n) is 6.98. The summed E-state index contributed by atoms with van der Waals surface area (Å²) in [7, 11) is 0. The second-order valence-corrected chi connectivity index (χ2v) is 6.98. The van der Waals surface area contributed by atoms with Gasteiger partial charge >= 0.3 is 18.1 Å². The first-order valence-electron chi connectivity index (χ1n) is 10.2. The Morgan fingerprint density at radius 2 is 1.64 bits per heavy atom. The summed E-state index contributed by atoms with van der Waals surface area (Å²) in [5.41, 5.74) is 2.29. The van der Waals surface area contributed by atoms with Gasteiger partial charge in [-0.3, -0.25) is 4.79 Å². The number of oxazole rings is 1. The number of amides is 1. The number of aromatic nitrogens is 1. The predicted octanol–water partition coefficient (Wildman–Crippen LogP) is 4.98. The van der Waals surface area contributed by atoms with E-state index < -0.39 is 12.1 Å². The molecule has 0 radical (unpaired) electrons. The van der Waals surface area contributed by atoms with E-state index in [0.717, 1.165) is 5.56 Å². The van der Waals surface area contributed by atoms with Gasteiger partial charge in [0.25, 0.3) is 0 Å². The molecule has 0 atom stereocenters. The molecule has 0 aliphatic rings. The topological polar surface area (TPSA) is 108 Å². The van der Waals surface area contributed by atoms with Gasteiger partial charge in [0.2, 0.25) is 0 Å². The molecule has 0 bridgehead atoms. The number of ether oxygens (including phenoxy) is 2. The van der Waals surface area contributed by atoms with Crippen molar-refractivity contribution in [3.63, 3.8) is 0 Å². The summed E-state index contributed by atoms with van der Waals surface area (Å²) in [5, 5.41) is 2.38. The summed E-state index contributed by atoms with van der Waals surface area (Å²) in [5.74, 6) is -0.960. The first-order chi connectivity index (χ1) is 16.0. The van der Waals surface area contributed by atoms with Crippen molar-refractivity contribution in [2.45, 2.75) is 13.5 Å². The molecule has 8 nitrogen and oxygen atoms in total. The zero-order valence-electron chi connectivity index (χ0n) is 17.7. The fourth-order valence-corrected chi connectivity index (χ4v) is 3.19. The lowest BCUT2D eigenvalue weighted by atomic mass is 9.98. The lowest BCUT2D eigenvalue weighted by molar-refractivity contribution is 0.0470. The number of carbonyl (C=O) groups excluding carboxylic acids is 3. The molecule has 0 saturated carbocycles. The molecule has 0 aliphatic heterocycles. The number of hydrogen-bond acceptors (Lipinski definition) is 7. The number of nitrogens with zero attached hydrogens (tertiary/aromatic N) is 1. The van der Waals surface area contributed by atoms with Crippen molar-refractivity contribution < 1.29 is 28.3 Å². The van der Waals surface area contributed by atoms with E-state index in [1.165, 1.54) is 6.07 Å². The summed E-state index contributed by atoms with van der Waals surface area (Å²) < 4.78 is 15.7. The molecule has 0 unspecified atom stereocenters. The molecule has 33 heavy (non-hydrogen) atoms. The number of anilines is 1. The molecule has 1 aromatic heterocycles. The molecule has 0 saturated heterocycles. The second kappa shape index (κ2) is 9.78. The number of hydrogen-bond donors (Lipinski definition) is 1. The zero-order chi connectivity index (χ0) is 23.2. The van der Waals surface area contributed by atoms with Gasteiger partial charge in [-0.15, -0.1) is 0 Å². The van der Waals surface area contributed by atoms with Crippen LogP contribution in [0.2, 0.25) is 0 Å². The number of nitrogens with one attached hydrogen (secondary N) is 1. The number of rotatable bonds is 7. The minimum absolute atomic E-state index is 0.0436. The van der Waals surface area contributed by atoms with Gasteiger partial charge in [-0.2, -0.15) is 4.98 Å². The maximum atomic E-state index is 13.2. The zero-order valence-corrected chi connectivity index (χ0v) is 17.7. The number of fused-ring (bicyclic) bond motifs is 1. The van der Waals surface area contributed by atoms with Crippen LogP contribution in [0.4, 0.5) is 10.8 Å². The minimum Gasteiger partial charge on any atom is -0.457 e. The van der Waals surface area contributed by atoms with Crippen molar-refractivity contribution in [3.05, 3.63) is 95.1 Å². The van der Waals surface area contributed by atoms with E-state index in [1.54, 1.807) is 43.3 Å². The van der Waals surface area contributed by atoms with E-state index in [4.69, 9.17) is 13.9 Å². The maximum Gasteiger partial charge on any atom is 0.415 e. The molecule has 8 heteroatoms. The van der Waals surface area contributed by atoms with E-state index >= 15 is 0 Å². The van der Waals surface area contributed by atoms with Crippen LogP contribution in [0.3, 0.4) is 0 Å². The van der Waals surface area contributed by atoms with Crippen LogP contribution >= 0.6 is 0 Å². The van der Waals surface area contributed by atoms with Crippen LogP contribution in [0.15, 0.2) is 77.2 Å². The molecule has 1 N–H and O–H groups in total. The Bertz CT molecular complexity index is 1310. The molecule has 4 aromatic rings. The third-order valence-corrected chi connectivity index (χ3v) is 4.74. The first kappa shape index (κ1) is 21.8. The normalized spacial score (nSPS) is 10.6. The lowest BCUT2D eigenvalue weighted by Crippen LogP contribution is -2.13. The van der Waals surface area contributed by atoms with Crippen LogP contribution in [-0.2, 0) is 16.1 Å². The highest BCUT2D eigenvalue weighted by Gasteiger charge is 2.20. The Morgan fingerprint density at radius 1 is 0.909 bits per heavy atom. The van der Waals surface area contributed by atoms with Crippen LogP contribution in [0.5, 0.6) is 0 Å². The average Bonchev–Trinajstić information content (AvgIpc) is 3.24. The van der Waals surface area contributed by atoms with Crippen LogP contribution in [0.25, 0.3) is 11.1 Å². The summed E-state index contributed by atoms with van der Waals surface area (Å²) >= 11 is 0. The number of benzene rings is 3. The molecule has 1 amide bonds. The average molecular weight is 444 g/mol. The van der Waals surface area contributed by atoms with Gasteiger partial charge in [-0.25, -0.2) is 14.9 Å². The third kappa shape index (κ3) is 5.07. The van der Waals surface area contributed by atoms with Crippen molar-refractivity contribution in [3.8, 4) is 0 Å². The van der Waals surface area contributed by atoms with Crippen molar-refractivity contribution in [2.24, 2.45) is 0 Å². The van der Waals surface area contributed by atoms with Crippen LogP contribution < -0.4 is 5.32 Å². The van der Waals surface area contributed by atoms with Crippen molar-refractivity contribution in [1.29, 1.82) is 0 Å².